The third kappa shape index (κ3) is 1.91. The van der Waals surface area contributed by atoms with Gasteiger partial charge in [-0.25, -0.2) is 0 Å². The van der Waals surface area contributed by atoms with Crippen molar-refractivity contribution in [3.05, 3.63) is 0 Å². The van der Waals surface area contributed by atoms with E-state index in [1.807, 2.05) is 0 Å². The molecule has 64 valence electrons. The van der Waals surface area contributed by atoms with Crippen molar-refractivity contribution in [1.29, 1.82) is 0 Å². The van der Waals surface area contributed by atoms with Gasteiger partial charge in [0.15, 0.2) is 0 Å². The average Bonchev–Trinajstić information content (AvgIpc) is 1.82. The van der Waals surface area contributed by atoms with Crippen LogP contribution in [0.3, 0.4) is 0 Å². The normalized spacial score (nSPS) is 21.4. The Bertz CT molecular complexity index is 154. The fourth-order valence-corrected chi connectivity index (χ4v) is 1.48. The zero-order valence-electron chi connectivity index (χ0n) is 7.21. The van der Waals surface area contributed by atoms with Crippen LogP contribution in [-0.2, 0) is 0 Å². The van der Waals surface area contributed by atoms with E-state index in [0.717, 1.165) is 6.04 Å². The molecule has 0 bridgehead atoms. The minimum absolute atomic E-state index is 0.260. The first-order valence-electron chi connectivity index (χ1n) is 4.14. The van der Waals surface area contributed by atoms with E-state index in [4.69, 9.17) is 18.0 Å². The Balaban J connectivity index is 2.38. The number of rotatable bonds is 3. The average molecular weight is 172 g/mol. The van der Waals surface area contributed by atoms with Gasteiger partial charge in [0.2, 0.25) is 0 Å². The fraction of sp³-hybridized carbons (Fsp3) is 0.875. The SMILES string of the molecule is CC(C(N)=S)N(C)C1CCC1. The number of hydrogen-bond donors (Lipinski definition) is 1. The van der Waals surface area contributed by atoms with Gasteiger partial charge in [-0.2, -0.15) is 0 Å². The molecule has 1 atom stereocenters. The molecule has 1 saturated carbocycles. The molecule has 0 aromatic rings. The Kier molecular flexibility index (Phi) is 2.84. The maximum Gasteiger partial charge on any atom is 0.0899 e. The fourth-order valence-electron chi connectivity index (χ4n) is 1.31. The lowest BCUT2D eigenvalue weighted by Gasteiger charge is -2.38. The molecule has 0 aromatic heterocycles. The van der Waals surface area contributed by atoms with Crippen LogP contribution >= 0.6 is 12.2 Å². The lowest BCUT2D eigenvalue weighted by molar-refractivity contribution is 0.146. The third-order valence-corrected chi connectivity index (χ3v) is 3.01. The van der Waals surface area contributed by atoms with E-state index in [-0.39, 0.29) is 6.04 Å². The van der Waals surface area contributed by atoms with Crippen molar-refractivity contribution < 1.29 is 0 Å². The Morgan fingerprint density at radius 1 is 1.64 bits per heavy atom. The standard InChI is InChI=1S/C8H16N2S/c1-6(8(9)11)10(2)7-4-3-5-7/h6-7H,3-5H2,1-2H3,(H2,9,11). The van der Waals surface area contributed by atoms with Crippen LogP contribution in [-0.4, -0.2) is 29.0 Å². The summed E-state index contributed by atoms with van der Waals surface area (Å²) in [5.41, 5.74) is 5.54. The molecule has 11 heavy (non-hydrogen) atoms. The largest absolute Gasteiger partial charge is 0.392 e. The van der Waals surface area contributed by atoms with Crippen molar-refractivity contribution in [3.63, 3.8) is 0 Å². The van der Waals surface area contributed by atoms with Crippen LogP contribution in [0.25, 0.3) is 0 Å². The Hall–Kier alpha value is -0.150. The summed E-state index contributed by atoms with van der Waals surface area (Å²) in [6.07, 6.45) is 3.98. The third-order valence-electron chi connectivity index (χ3n) is 2.67. The number of nitrogens with two attached hydrogens (primary N) is 1. The lowest BCUT2D eigenvalue weighted by atomic mass is 9.91. The number of likely N-dealkylation sites (N-methyl/N-ethyl adjacent to an activating group) is 1. The number of nitrogens with zero attached hydrogens (tertiary/aromatic N) is 1. The van der Waals surface area contributed by atoms with Crippen molar-refractivity contribution in [2.75, 3.05) is 7.05 Å². The van der Waals surface area contributed by atoms with Crippen molar-refractivity contribution in [3.8, 4) is 0 Å². The quantitative estimate of drug-likeness (QED) is 0.647. The molecule has 1 aliphatic rings. The first-order valence-corrected chi connectivity index (χ1v) is 4.55. The maximum absolute atomic E-state index is 5.54. The monoisotopic (exact) mass is 172 g/mol. The van der Waals surface area contributed by atoms with E-state index in [2.05, 4.69) is 18.9 Å². The van der Waals surface area contributed by atoms with Gasteiger partial charge in [-0.15, -0.1) is 0 Å². The van der Waals surface area contributed by atoms with Gasteiger partial charge in [-0.1, -0.05) is 18.6 Å². The van der Waals surface area contributed by atoms with Crippen LogP contribution in [0.2, 0.25) is 0 Å². The number of thiocarbonyl (C=S) groups is 1. The van der Waals surface area contributed by atoms with Crippen LogP contribution < -0.4 is 5.73 Å². The lowest BCUT2D eigenvalue weighted by Crippen LogP contribution is -2.47. The summed E-state index contributed by atoms with van der Waals surface area (Å²) in [6, 6.07) is 0.988. The molecule has 0 radical (unpaired) electrons. The molecule has 0 aliphatic heterocycles. The summed E-state index contributed by atoms with van der Waals surface area (Å²) in [5.74, 6) is 0. The highest BCUT2D eigenvalue weighted by atomic mass is 32.1. The Morgan fingerprint density at radius 2 is 2.18 bits per heavy atom. The zero-order valence-corrected chi connectivity index (χ0v) is 8.03. The summed E-state index contributed by atoms with van der Waals surface area (Å²) in [7, 11) is 2.10. The molecule has 1 rings (SSSR count). The second kappa shape index (κ2) is 3.50. The summed E-state index contributed by atoms with van der Waals surface area (Å²) in [4.78, 5) is 2.89. The van der Waals surface area contributed by atoms with Crippen molar-refractivity contribution in [2.24, 2.45) is 5.73 Å². The van der Waals surface area contributed by atoms with Crippen molar-refractivity contribution in [1.82, 2.24) is 4.90 Å². The smallest absolute Gasteiger partial charge is 0.0899 e. The summed E-state index contributed by atoms with van der Waals surface area (Å²) in [6.45, 7) is 2.07. The predicted octanol–water partition coefficient (Wildman–Crippen LogP) is 1.15. The van der Waals surface area contributed by atoms with Crippen LogP contribution in [0, 0.1) is 0 Å². The van der Waals surface area contributed by atoms with Gasteiger partial charge in [0, 0.05) is 6.04 Å². The van der Waals surface area contributed by atoms with Crippen LogP contribution in [0.5, 0.6) is 0 Å². The predicted molar refractivity (Wildman–Crippen MR) is 51.6 cm³/mol. The summed E-state index contributed by atoms with van der Waals surface area (Å²) >= 11 is 4.92. The Morgan fingerprint density at radius 3 is 2.45 bits per heavy atom. The number of hydrogen-bond acceptors (Lipinski definition) is 2. The maximum atomic E-state index is 5.54. The zero-order chi connectivity index (χ0) is 8.43. The molecule has 1 aliphatic carbocycles. The van der Waals surface area contributed by atoms with E-state index in [0.29, 0.717) is 4.99 Å². The molecular weight excluding hydrogens is 156 g/mol. The minimum Gasteiger partial charge on any atom is -0.392 e. The van der Waals surface area contributed by atoms with Crippen LogP contribution in [0.4, 0.5) is 0 Å². The molecule has 0 aromatic carbocycles. The van der Waals surface area contributed by atoms with Crippen LogP contribution in [0.15, 0.2) is 0 Å². The first-order chi connectivity index (χ1) is 5.13. The van der Waals surface area contributed by atoms with E-state index in [9.17, 15) is 0 Å². The molecule has 3 heteroatoms. The highest BCUT2D eigenvalue weighted by molar-refractivity contribution is 7.80. The second-order valence-electron chi connectivity index (χ2n) is 3.33. The molecule has 2 N–H and O–H groups in total. The molecule has 0 amide bonds. The second-order valence-corrected chi connectivity index (χ2v) is 3.80. The van der Waals surface area contributed by atoms with E-state index in [1.54, 1.807) is 0 Å². The minimum atomic E-state index is 0.260. The topological polar surface area (TPSA) is 29.3 Å². The van der Waals surface area contributed by atoms with Gasteiger partial charge in [-0.3, -0.25) is 4.90 Å². The molecule has 2 nitrogen and oxygen atoms in total. The molecular formula is C8H16N2S. The highest BCUT2D eigenvalue weighted by Gasteiger charge is 2.26. The first kappa shape index (κ1) is 8.94. The molecule has 0 spiro atoms. The van der Waals surface area contributed by atoms with Gasteiger partial charge in [0.1, 0.15) is 0 Å². The summed E-state index contributed by atoms with van der Waals surface area (Å²) < 4.78 is 0. The molecule has 0 heterocycles. The van der Waals surface area contributed by atoms with Gasteiger partial charge in [-0.05, 0) is 26.8 Å². The van der Waals surface area contributed by atoms with Crippen LogP contribution in [0.1, 0.15) is 26.2 Å². The van der Waals surface area contributed by atoms with Crippen molar-refractivity contribution in [2.45, 2.75) is 38.3 Å². The van der Waals surface area contributed by atoms with E-state index < -0.39 is 0 Å². The highest BCUT2D eigenvalue weighted by Crippen LogP contribution is 2.24. The van der Waals surface area contributed by atoms with Gasteiger partial charge < -0.3 is 5.73 Å². The molecule has 1 unspecified atom stereocenters. The van der Waals surface area contributed by atoms with Gasteiger partial charge in [0.05, 0.1) is 11.0 Å². The van der Waals surface area contributed by atoms with Gasteiger partial charge >= 0.3 is 0 Å². The molecule has 0 saturated heterocycles. The summed E-state index contributed by atoms with van der Waals surface area (Å²) in [5, 5.41) is 0. The van der Waals surface area contributed by atoms with E-state index in [1.165, 1.54) is 19.3 Å². The van der Waals surface area contributed by atoms with E-state index >= 15 is 0 Å². The molecule has 1 fully saturated rings. The Labute approximate surface area is 73.7 Å². The van der Waals surface area contributed by atoms with Crippen molar-refractivity contribution >= 4 is 17.2 Å². The van der Waals surface area contributed by atoms with Gasteiger partial charge in [0.25, 0.3) is 0 Å².